The average Bonchev–Trinajstić information content (AvgIpc) is 2.47. The summed E-state index contributed by atoms with van der Waals surface area (Å²) in [5, 5.41) is 2.62. The Balaban J connectivity index is 0.00000154. The Labute approximate surface area is 113 Å². The molecule has 1 N–H and O–H groups in total. The number of ether oxygens (including phenoxy) is 1. The van der Waals surface area contributed by atoms with Gasteiger partial charge in [0.2, 0.25) is 0 Å². The topological polar surface area (TPSA) is 55.4 Å². The van der Waals surface area contributed by atoms with E-state index < -0.39 is 0 Å². The molecule has 0 aliphatic heterocycles. The van der Waals surface area contributed by atoms with Gasteiger partial charge < -0.3 is 10.1 Å². The molecule has 4 nitrogen and oxygen atoms in total. The monoisotopic (exact) mass is 261 g/mol. The predicted octanol–water partition coefficient (Wildman–Crippen LogP) is 2.93. The second kappa shape index (κ2) is 9.65. The van der Waals surface area contributed by atoms with Crippen molar-refractivity contribution in [2.24, 2.45) is 0 Å². The molecule has 0 bridgehead atoms. The highest BCUT2D eigenvalue weighted by atomic mass is 16.5. The van der Waals surface area contributed by atoms with Crippen molar-refractivity contribution in [3.05, 3.63) is 60.6 Å². The maximum Gasteiger partial charge on any atom is 0.251 e. The molecule has 1 rings (SSSR count). The second-order valence-corrected chi connectivity index (χ2v) is 3.25. The van der Waals surface area contributed by atoms with E-state index in [1.807, 2.05) is 13.8 Å². The van der Waals surface area contributed by atoms with Gasteiger partial charge in [0.15, 0.2) is 0 Å². The number of rotatable bonds is 6. The zero-order chi connectivity index (χ0) is 14.7. The van der Waals surface area contributed by atoms with Crippen LogP contribution in [0.25, 0.3) is 0 Å². The molecule has 0 aromatic heterocycles. The lowest BCUT2D eigenvalue weighted by atomic mass is 10.1. The van der Waals surface area contributed by atoms with Gasteiger partial charge in [0.1, 0.15) is 12.0 Å². The lowest BCUT2D eigenvalue weighted by molar-refractivity contribution is 0.0951. The van der Waals surface area contributed by atoms with E-state index in [2.05, 4.69) is 18.5 Å². The Kier molecular flexibility index (Phi) is 8.45. The van der Waals surface area contributed by atoms with E-state index in [1.54, 1.807) is 24.3 Å². The Hall–Kier alpha value is -2.36. The van der Waals surface area contributed by atoms with Gasteiger partial charge in [-0.15, -0.1) is 0 Å². The minimum Gasteiger partial charge on any atom is -0.469 e. The first-order chi connectivity index (χ1) is 9.17. The van der Waals surface area contributed by atoms with Gasteiger partial charge in [-0.05, 0) is 12.1 Å². The Morgan fingerprint density at radius 2 is 1.89 bits per heavy atom. The highest BCUT2D eigenvalue weighted by Crippen LogP contribution is 2.02. The highest BCUT2D eigenvalue weighted by molar-refractivity contribution is 5.94. The Morgan fingerprint density at radius 3 is 2.37 bits per heavy atom. The zero-order valence-corrected chi connectivity index (χ0v) is 11.3. The molecule has 0 heterocycles. The highest BCUT2D eigenvalue weighted by Gasteiger charge is 2.05. The molecule has 0 aliphatic carbocycles. The van der Waals surface area contributed by atoms with E-state index in [0.717, 1.165) is 6.29 Å². The molecule has 4 heteroatoms. The largest absolute Gasteiger partial charge is 0.469 e. The fraction of sp³-hybridized carbons (Fsp3) is 0.200. The number of benzene rings is 1. The van der Waals surface area contributed by atoms with Gasteiger partial charge >= 0.3 is 0 Å². The minimum atomic E-state index is -0.253. The van der Waals surface area contributed by atoms with Crippen LogP contribution >= 0.6 is 0 Å². The van der Waals surface area contributed by atoms with Crippen LogP contribution in [-0.4, -0.2) is 18.7 Å². The van der Waals surface area contributed by atoms with Crippen LogP contribution in [0.5, 0.6) is 0 Å². The van der Waals surface area contributed by atoms with Crippen molar-refractivity contribution < 1.29 is 14.3 Å². The average molecular weight is 261 g/mol. The molecule has 0 saturated heterocycles. The Morgan fingerprint density at radius 1 is 1.32 bits per heavy atom. The van der Waals surface area contributed by atoms with Crippen molar-refractivity contribution in [2.75, 3.05) is 6.54 Å². The van der Waals surface area contributed by atoms with Crippen LogP contribution in [-0.2, 0) is 4.74 Å². The number of hydrogen-bond acceptors (Lipinski definition) is 3. The molecule has 0 unspecified atom stereocenters. The van der Waals surface area contributed by atoms with Crippen molar-refractivity contribution in [3.8, 4) is 0 Å². The molecule has 0 aliphatic rings. The molecule has 0 fully saturated rings. The molecule has 1 aromatic rings. The molecule has 0 spiro atoms. The van der Waals surface area contributed by atoms with Crippen LogP contribution in [0.15, 0.2) is 49.4 Å². The van der Waals surface area contributed by atoms with E-state index >= 15 is 0 Å². The van der Waals surface area contributed by atoms with Gasteiger partial charge in [-0.1, -0.05) is 39.1 Å². The summed E-state index contributed by atoms with van der Waals surface area (Å²) in [6, 6.07) is 6.32. The first kappa shape index (κ1) is 16.6. The second-order valence-electron chi connectivity index (χ2n) is 3.25. The normalized spacial score (nSPS) is 8.53. The predicted molar refractivity (Wildman–Crippen MR) is 75.9 cm³/mol. The molecular weight excluding hydrogens is 242 g/mol. The molecular formula is C15H19NO3. The molecule has 1 aromatic carbocycles. The van der Waals surface area contributed by atoms with Crippen molar-refractivity contribution in [3.63, 3.8) is 0 Å². The number of hydrogen-bond donors (Lipinski definition) is 1. The van der Waals surface area contributed by atoms with E-state index in [0.29, 0.717) is 16.9 Å². The number of amides is 1. The first-order valence-corrected chi connectivity index (χ1v) is 5.96. The number of aldehydes is 1. The minimum absolute atomic E-state index is 0.209. The van der Waals surface area contributed by atoms with E-state index in [-0.39, 0.29) is 12.5 Å². The summed E-state index contributed by atoms with van der Waals surface area (Å²) in [5.41, 5.74) is 1.00. The van der Waals surface area contributed by atoms with Gasteiger partial charge in [-0.3, -0.25) is 9.59 Å². The SMILES string of the molecule is C=COC(=C)CNC(=O)c1ccc(C=O)cc1.CC. The van der Waals surface area contributed by atoms with Crippen LogP contribution in [0.4, 0.5) is 0 Å². The van der Waals surface area contributed by atoms with Gasteiger partial charge in [0.05, 0.1) is 12.8 Å². The van der Waals surface area contributed by atoms with Crippen molar-refractivity contribution in [1.29, 1.82) is 0 Å². The third-order valence-electron chi connectivity index (χ3n) is 2.01. The van der Waals surface area contributed by atoms with Gasteiger partial charge in [-0.25, -0.2) is 0 Å². The van der Waals surface area contributed by atoms with E-state index in [1.165, 1.54) is 6.26 Å². The van der Waals surface area contributed by atoms with Crippen LogP contribution in [0.2, 0.25) is 0 Å². The van der Waals surface area contributed by atoms with Crippen molar-refractivity contribution >= 4 is 12.2 Å². The third kappa shape index (κ3) is 6.21. The fourth-order valence-electron chi connectivity index (χ4n) is 1.15. The summed E-state index contributed by atoms with van der Waals surface area (Å²) >= 11 is 0. The van der Waals surface area contributed by atoms with Crippen LogP contribution in [0.3, 0.4) is 0 Å². The first-order valence-electron chi connectivity index (χ1n) is 5.96. The third-order valence-corrected chi connectivity index (χ3v) is 2.01. The zero-order valence-electron chi connectivity index (χ0n) is 11.3. The summed E-state index contributed by atoms with van der Waals surface area (Å²) in [7, 11) is 0. The van der Waals surface area contributed by atoms with Gasteiger partial charge in [0, 0.05) is 11.1 Å². The smallest absolute Gasteiger partial charge is 0.251 e. The van der Waals surface area contributed by atoms with Gasteiger partial charge in [-0.2, -0.15) is 0 Å². The van der Waals surface area contributed by atoms with Crippen LogP contribution < -0.4 is 5.32 Å². The summed E-state index contributed by atoms with van der Waals surface area (Å²) in [4.78, 5) is 22.1. The molecule has 19 heavy (non-hydrogen) atoms. The summed E-state index contributed by atoms with van der Waals surface area (Å²) in [5.74, 6) is 0.147. The lowest BCUT2D eigenvalue weighted by Crippen LogP contribution is -2.25. The molecule has 0 radical (unpaired) electrons. The van der Waals surface area contributed by atoms with Crippen LogP contribution in [0.1, 0.15) is 34.6 Å². The summed E-state index contributed by atoms with van der Waals surface area (Å²) < 4.78 is 4.87. The van der Waals surface area contributed by atoms with Gasteiger partial charge in [0.25, 0.3) is 5.91 Å². The van der Waals surface area contributed by atoms with Crippen molar-refractivity contribution in [2.45, 2.75) is 13.8 Å². The van der Waals surface area contributed by atoms with E-state index in [4.69, 9.17) is 4.74 Å². The summed E-state index contributed by atoms with van der Waals surface area (Å²) in [6.45, 7) is 11.2. The number of nitrogens with one attached hydrogen (secondary N) is 1. The van der Waals surface area contributed by atoms with Crippen LogP contribution in [0, 0.1) is 0 Å². The van der Waals surface area contributed by atoms with E-state index in [9.17, 15) is 9.59 Å². The molecule has 0 atom stereocenters. The standard InChI is InChI=1S/C13H13NO3.C2H6/c1-3-17-10(2)8-14-13(16)12-6-4-11(9-15)5-7-12;1-2/h3-7,9H,1-2,8H2,(H,14,16);1-2H3. The fourth-order valence-corrected chi connectivity index (χ4v) is 1.15. The maximum atomic E-state index is 11.6. The summed E-state index contributed by atoms with van der Waals surface area (Å²) in [6.07, 6.45) is 1.97. The molecule has 1 amide bonds. The molecule has 0 saturated carbocycles. The number of carbonyl (C=O) groups excluding carboxylic acids is 2. The lowest BCUT2D eigenvalue weighted by Gasteiger charge is -2.06. The maximum absolute atomic E-state index is 11.6. The quantitative estimate of drug-likeness (QED) is 0.632. The molecule has 102 valence electrons. The Bertz CT molecular complexity index is 435. The number of carbonyl (C=O) groups is 2. The van der Waals surface area contributed by atoms with Crippen molar-refractivity contribution in [1.82, 2.24) is 5.32 Å².